The molecule has 1 aromatic rings. The first-order valence-electron chi connectivity index (χ1n) is 5.24. The predicted octanol–water partition coefficient (Wildman–Crippen LogP) is 0.565. The predicted molar refractivity (Wildman–Crippen MR) is 68.4 cm³/mol. The lowest BCUT2D eigenvalue weighted by atomic mass is 10.3. The number of nitrogens with one attached hydrogen (secondary N) is 1. The van der Waals surface area contributed by atoms with E-state index in [-0.39, 0.29) is 18.8 Å². The van der Waals surface area contributed by atoms with Gasteiger partial charge in [-0.05, 0) is 22.0 Å². The van der Waals surface area contributed by atoms with E-state index in [0.29, 0.717) is 4.47 Å². The molecule has 0 aliphatic heterocycles. The van der Waals surface area contributed by atoms with E-state index in [1.807, 2.05) is 0 Å². The molecule has 1 rings (SSSR count). The Labute approximate surface area is 118 Å². The molecule has 19 heavy (non-hydrogen) atoms. The van der Waals surface area contributed by atoms with E-state index in [1.54, 1.807) is 12.3 Å². The van der Waals surface area contributed by atoms with Crippen molar-refractivity contribution in [2.45, 2.75) is 0 Å². The molecule has 1 heterocycles. The molecular formula is C11H13BrN2O5. The zero-order valence-corrected chi connectivity index (χ0v) is 12.0. The summed E-state index contributed by atoms with van der Waals surface area (Å²) in [7, 11) is 2.41. The molecule has 8 heteroatoms. The minimum atomic E-state index is -0.622. The number of carbonyl (C=O) groups excluding carboxylic acids is 3. The maximum Gasteiger partial charge on any atom is 0.325 e. The lowest BCUT2D eigenvalue weighted by Gasteiger charge is -2.19. The van der Waals surface area contributed by atoms with Crippen molar-refractivity contribution in [1.29, 1.82) is 0 Å². The molecule has 0 aliphatic carbocycles. The number of amides is 1. The van der Waals surface area contributed by atoms with Crippen LogP contribution in [0.2, 0.25) is 0 Å². The molecule has 7 nitrogen and oxygen atoms in total. The standard InChI is InChI=1S/C11H13BrN2O5/c1-18-9(15)5-14(6-10(16)19-2)11(17)8-3-7(12)4-13-8/h3-4,13H,5-6H2,1-2H3. The van der Waals surface area contributed by atoms with Crippen LogP contribution in [0.3, 0.4) is 0 Å². The number of aromatic nitrogens is 1. The van der Waals surface area contributed by atoms with E-state index < -0.39 is 17.8 Å². The van der Waals surface area contributed by atoms with Crippen molar-refractivity contribution >= 4 is 33.8 Å². The van der Waals surface area contributed by atoms with E-state index in [4.69, 9.17) is 0 Å². The third-order valence-electron chi connectivity index (χ3n) is 2.26. The number of H-pyrrole nitrogens is 1. The molecule has 0 radical (unpaired) electrons. The van der Waals surface area contributed by atoms with Gasteiger partial charge in [-0.2, -0.15) is 0 Å². The van der Waals surface area contributed by atoms with Crippen LogP contribution in [-0.4, -0.2) is 55.0 Å². The van der Waals surface area contributed by atoms with Gasteiger partial charge in [0.15, 0.2) is 0 Å². The lowest BCUT2D eigenvalue weighted by molar-refractivity contribution is -0.144. The average molecular weight is 333 g/mol. The minimum absolute atomic E-state index is 0.250. The zero-order chi connectivity index (χ0) is 14.4. The van der Waals surface area contributed by atoms with Crippen LogP contribution in [-0.2, 0) is 19.1 Å². The van der Waals surface area contributed by atoms with Gasteiger partial charge in [-0.15, -0.1) is 0 Å². The number of hydrogen-bond donors (Lipinski definition) is 1. The summed E-state index contributed by atoms with van der Waals surface area (Å²) in [5.41, 5.74) is 0.250. The molecule has 0 spiro atoms. The summed E-state index contributed by atoms with van der Waals surface area (Å²) in [5, 5.41) is 0. The van der Waals surface area contributed by atoms with Crippen LogP contribution < -0.4 is 0 Å². The number of hydrogen-bond acceptors (Lipinski definition) is 5. The highest BCUT2D eigenvalue weighted by Gasteiger charge is 2.23. The maximum absolute atomic E-state index is 12.1. The zero-order valence-electron chi connectivity index (χ0n) is 10.4. The first-order chi connectivity index (χ1) is 8.97. The van der Waals surface area contributed by atoms with Crippen LogP contribution in [0.4, 0.5) is 0 Å². The highest BCUT2D eigenvalue weighted by Crippen LogP contribution is 2.12. The van der Waals surface area contributed by atoms with Gasteiger partial charge in [0.2, 0.25) is 0 Å². The number of methoxy groups -OCH3 is 2. The second kappa shape index (κ2) is 6.93. The Morgan fingerprint density at radius 3 is 2.11 bits per heavy atom. The van der Waals surface area contributed by atoms with Gasteiger partial charge in [0.25, 0.3) is 5.91 Å². The molecular weight excluding hydrogens is 320 g/mol. The summed E-state index contributed by atoms with van der Waals surface area (Å²) < 4.78 is 9.65. The Bertz CT molecular complexity index is 467. The highest BCUT2D eigenvalue weighted by atomic mass is 79.9. The van der Waals surface area contributed by atoms with Crippen LogP contribution in [0.25, 0.3) is 0 Å². The number of aromatic amines is 1. The molecule has 104 valence electrons. The number of ether oxygens (including phenoxy) is 2. The number of halogens is 1. The Morgan fingerprint density at radius 1 is 1.21 bits per heavy atom. The van der Waals surface area contributed by atoms with Gasteiger partial charge in [0.1, 0.15) is 18.8 Å². The van der Waals surface area contributed by atoms with Crippen LogP contribution in [0.5, 0.6) is 0 Å². The van der Waals surface area contributed by atoms with Gasteiger partial charge in [-0.25, -0.2) is 0 Å². The highest BCUT2D eigenvalue weighted by molar-refractivity contribution is 9.10. The van der Waals surface area contributed by atoms with Gasteiger partial charge in [-0.3, -0.25) is 14.4 Å². The van der Waals surface area contributed by atoms with Crippen molar-refractivity contribution in [3.05, 3.63) is 22.4 Å². The lowest BCUT2D eigenvalue weighted by Crippen LogP contribution is -2.40. The second-order valence-electron chi connectivity index (χ2n) is 3.55. The second-order valence-corrected chi connectivity index (χ2v) is 4.46. The summed E-state index contributed by atoms with van der Waals surface area (Å²) in [4.78, 5) is 38.4. The molecule has 0 unspecified atom stereocenters. The summed E-state index contributed by atoms with van der Waals surface area (Å²) in [5.74, 6) is -1.74. The SMILES string of the molecule is COC(=O)CN(CC(=O)OC)C(=O)c1cc(Br)c[nH]1. The van der Waals surface area contributed by atoms with E-state index in [0.717, 1.165) is 4.90 Å². The fraction of sp³-hybridized carbons (Fsp3) is 0.364. The fourth-order valence-electron chi connectivity index (χ4n) is 1.30. The number of nitrogens with zero attached hydrogens (tertiary/aromatic N) is 1. The van der Waals surface area contributed by atoms with Gasteiger partial charge >= 0.3 is 11.9 Å². The van der Waals surface area contributed by atoms with Gasteiger partial charge in [0, 0.05) is 10.7 Å². The molecule has 0 aromatic carbocycles. The third kappa shape index (κ3) is 4.40. The van der Waals surface area contributed by atoms with Crippen molar-refractivity contribution in [2.75, 3.05) is 27.3 Å². The molecule has 0 fully saturated rings. The topological polar surface area (TPSA) is 88.7 Å². The van der Waals surface area contributed by atoms with Crippen molar-refractivity contribution in [1.82, 2.24) is 9.88 Å². The van der Waals surface area contributed by atoms with Gasteiger partial charge in [0.05, 0.1) is 14.2 Å². The molecule has 1 N–H and O–H groups in total. The summed E-state index contributed by atoms with van der Waals surface area (Å²) in [6, 6.07) is 1.55. The molecule has 0 saturated carbocycles. The smallest absolute Gasteiger partial charge is 0.325 e. The first kappa shape index (κ1) is 15.2. The summed E-state index contributed by atoms with van der Waals surface area (Å²) >= 11 is 3.19. The summed E-state index contributed by atoms with van der Waals surface area (Å²) in [6.45, 7) is -0.665. The Balaban J connectivity index is 2.85. The van der Waals surface area contributed by atoms with Crippen molar-refractivity contribution < 1.29 is 23.9 Å². The quantitative estimate of drug-likeness (QED) is 0.796. The van der Waals surface area contributed by atoms with Crippen LogP contribution in [0, 0.1) is 0 Å². The van der Waals surface area contributed by atoms with Gasteiger partial charge in [-0.1, -0.05) is 0 Å². The Hall–Kier alpha value is -1.83. The molecule has 1 aromatic heterocycles. The number of carbonyl (C=O) groups is 3. The molecule has 0 saturated heterocycles. The van der Waals surface area contributed by atoms with E-state index in [9.17, 15) is 14.4 Å². The Morgan fingerprint density at radius 2 is 1.74 bits per heavy atom. The molecule has 0 aliphatic rings. The molecule has 0 atom stereocenters. The largest absolute Gasteiger partial charge is 0.468 e. The third-order valence-corrected chi connectivity index (χ3v) is 2.72. The fourth-order valence-corrected chi connectivity index (χ4v) is 1.65. The van der Waals surface area contributed by atoms with Crippen LogP contribution in [0.1, 0.15) is 10.5 Å². The molecule has 1 amide bonds. The van der Waals surface area contributed by atoms with Crippen LogP contribution >= 0.6 is 15.9 Å². The number of rotatable bonds is 5. The maximum atomic E-state index is 12.1. The number of esters is 2. The summed E-state index contributed by atoms with van der Waals surface area (Å²) in [6.07, 6.45) is 1.57. The van der Waals surface area contributed by atoms with E-state index in [2.05, 4.69) is 30.4 Å². The van der Waals surface area contributed by atoms with Crippen molar-refractivity contribution in [3.63, 3.8) is 0 Å². The van der Waals surface area contributed by atoms with Crippen molar-refractivity contribution in [3.8, 4) is 0 Å². The van der Waals surface area contributed by atoms with Gasteiger partial charge < -0.3 is 19.4 Å². The van der Waals surface area contributed by atoms with Crippen LogP contribution in [0.15, 0.2) is 16.7 Å². The minimum Gasteiger partial charge on any atom is -0.468 e. The van der Waals surface area contributed by atoms with Crippen molar-refractivity contribution in [2.24, 2.45) is 0 Å². The first-order valence-corrected chi connectivity index (χ1v) is 6.04. The van der Waals surface area contributed by atoms with E-state index in [1.165, 1.54) is 14.2 Å². The normalized spacial score (nSPS) is 9.84. The Kier molecular flexibility index (Phi) is 5.56. The van der Waals surface area contributed by atoms with E-state index >= 15 is 0 Å². The monoisotopic (exact) mass is 332 g/mol. The average Bonchev–Trinajstić information content (AvgIpc) is 2.83. The molecule has 0 bridgehead atoms.